The first kappa shape index (κ1) is 13.6. The molecular weight excluding hydrogens is 273 g/mol. The molecule has 0 heterocycles. The third-order valence-corrected chi connectivity index (χ3v) is 3.03. The largest absolute Gasteiger partial charge is 0.382 e. The Kier molecular flexibility index (Phi) is 5.38. The topological polar surface area (TPSA) is 35.2 Å². The van der Waals surface area contributed by atoms with Gasteiger partial charge in [-0.3, -0.25) is 0 Å². The van der Waals surface area contributed by atoms with Crippen molar-refractivity contribution in [3.63, 3.8) is 0 Å². The molecule has 0 saturated heterocycles. The fourth-order valence-corrected chi connectivity index (χ4v) is 1.91. The zero-order valence-corrected chi connectivity index (χ0v) is 11.1. The first-order valence-electron chi connectivity index (χ1n) is 5.25. The number of halogens is 2. The summed E-state index contributed by atoms with van der Waals surface area (Å²) in [6, 6.07) is 4.97. The highest BCUT2D eigenvalue weighted by molar-refractivity contribution is 9.10. The van der Waals surface area contributed by atoms with Gasteiger partial charge in [0.15, 0.2) is 0 Å². The van der Waals surface area contributed by atoms with E-state index in [-0.39, 0.29) is 18.0 Å². The molecule has 0 radical (unpaired) electrons. The molecule has 0 spiro atoms. The lowest BCUT2D eigenvalue weighted by molar-refractivity contribution is 0.104. The lowest BCUT2D eigenvalue weighted by atomic mass is 10.0. The monoisotopic (exact) mass is 289 g/mol. The van der Waals surface area contributed by atoms with E-state index in [2.05, 4.69) is 15.9 Å². The summed E-state index contributed by atoms with van der Waals surface area (Å²) in [5, 5.41) is 0. The van der Waals surface area contributed by atoms with Crippen molar-refractivity contribution in [1.29, 1.82) is 0 Å². The SMILES string of the molecule is COC(C)CC(N)Cc1ccc(Br)cc1F. The molecule has 1 rings (SSSR count). The lowest BCUT2D eigenvalue weighted by Crippen LogP contribution is -2.28. The molecule has 2 unspecified atom stereocenters. The average molecular weight is 290 g/mol. The molecule has 16 heavy (non-hydrogen) atoms. The van der Waals surface area contributed by atoms with Gasteiger partial charge in [-0.25, -0.2) is 4.39 Å². The molecule has 0 aliphatic rings. The van der Waals surface area contributed by atoms with Crippen LogP contribution in [0.3, 0.4) is 0 Å². The van der Waals surface area contributed by atoms with Crippen LogP contribution in [0.25, 0.3) is 0 Å². The van der Waals surface area contributed by atoms with Crippen molar-refractivity contribution in [3.05, 3.63) is 34.1 Å². The zero-order chi connectivity index (χ0) is 12.1. The Balaban J connectivity index is 2.59. The van der Waals surface area contributed by atoms with Gasteiger partial charge in [-0.05, 0) is 37.5 Å². The molecule has 0 fully saturated rings. The molecular formula is C12H17BrFNO. The summed E-state index contributed by atoms with van der Waals surface area (Å²) in [5.74, 6) is -0.213. The van der Waals surface area contributed by atoms with Crippen LogP contribution in [0, 0.1) is 5.82 Å². The van der Waals surface area contributed by atoms with Crippen LogP contribution in [0.4, 0.5) is 4.39 Å². The molecule has 0 aliphatic carbocycles. The van der Waals surface area contributed by atoms with Crippen molar-refractivity contribution < 1.29 is 9.13 Å². The van der Waals surface area contributed by atoms with Gasteiger partial charge in [0, 0.05) is 17.6 Å². The molecule has 0 saturated carbocycles. The second-order valence-corrected chi connectivity index (χ2v) is 4.90. The highest BCUT2D eigenvalue weighted by atomic mass is 79.9. The van der Waals surface area contributed by atoms with E-state index < -0.39 is 0 Å². The standard InChI is InChI=1S/C12H17BrFNO/c1-8(16-2)5-11(15)6-9-3-4-10(13)7-12(9)14/h3-4,7-8,11H,5-6,15H2,1-2H3. The van der Waals surface area contributed by atoms with Gasteiger partial charge >= 0.3 is 0 Å². The molecule has 0 amide bonds. The van der Waals surface area contributed by atoms with Crippen LogP contribution < -0.4 is 5.73 Å². The summed E-state index contributed by atoms with van der Waals surface area (Å²) in [5.41, 5.74) is 6.58. The van der Waals surface area contributed by atoms with Gasteiger partial charge in [0.25, 0.3) is 0 Å². The van der Waals surface area contributed by atoms with Gasteiger partial charge < -0.3 is 10.5 Å². The Hall–Kier alpha value is -0.450. The third kappa shape index (κ3) is 4.20. The van der Waals surface area contributed by atoms with E-state index in [0.717, 1.165) is 10.9 Å². The summed E-state index contributed by atoms with van der Waals surface area (Å²) in [7, 11) is 1.65. The number of hydrogen-bond acceptors (Lipinski definition) is 2. The van der Waals surface area contributed by atoms with E-state index in [0.29, 0.717) is 12.0 Å². The fraction of sp³-hybridized carbons (Fsp3) is 0.500. The summed E-state index contributed by atoms with van der Waals surface area (Å²) in [6.45, 7) is 1.96. The Labute approximate surface area is 104 Å². The summed E-state index contributed by atoms with van der Waals surface area (Å²) < 4.78 is 19.4. The van der Waals surface area contributed by atoms with Gasteiger partial charge in [0.2, 0.25) is 0 Å². The van der Waals surface area contributed by atoms with Crippen LogP contribution in [0.1, 0.15) is 18.9 Å². The predicted molar refractivity (Wildman–Crippen MR) is 66.9 cm³/mol. The minimum absolute atomic E-state index is 0.0781. The van der Waals surface area contributed by atoms with Gasteiger partial charge in [-0.1, -0.05) is 22.0 Å². The van der Waals surface area contributed by atoms with Crippen molar-refractivity contribution in [2.45, 2.75) is 31.9 Å². The summed E-state index contributed by atoms with van der Waals surface area (Å²) >= 11 is 3.22. The Morgan fingerprint density at radius 2 is 2.19 bits per heavy atom. The van der Waals surface area contributed by atoms with Crippen LogP contribution in [-0.2, 0) is 11.2 Å². The maximum absolute atomic E-state index is 13.5. The molecule has 1 aromatic rings. The van der Waals surface area contributed by atoms with Crippen molar-refractivity contribution in [3.8, 4) is 0 Å². The van der Waals surface area contributed by atoms with E-state index in [9.17, 15) is 4.39 Å². The van der Waals surface area contributed by atoms with E-state index in [1.165, 1.54) is 6.07 Å². The Morgan fingerprint density at radius 1 is 1.50 bits per heavy atom. The molecule has 2 nitrogen and oxygen atoms in total. The first-order chi connectivity index (χ1) is 7.52. The highest BCUT2D eigenvalue weighted by Gasteiger charge is 2.11. The molecule has 0 bridgehead atoms. The van der Waals surface area contributed by atoms with Crippen molar-refractivity contribution in [2.75, 3.05) is 7.11 Å². The second-order valence-electron chi connectivity index (χ2n) is 3.98. The number of nitrogens with two attached hydrogens (primary N) is 1. The number of hydrogen-bond donors (Lipinski definition) is 1. The summed E-state index contributed by atoms with van der Waals surface area (Å²) in [4.78, 5) is 0. The fourth-order valence-electron chi connectivity index (χ4n) is 1.58. The molecule has 0 aliphatic heterocycles. The van der Waals surface area contributed by atoms with Gasteiger partial charge in [0.1, 0.15) is 5.82 Å². The molecule has 0 aromatic heterocycles. The summed E-state index contributed by atoms with van der Waals surface area (Å²) in [6.07, 6.45) is 1.37. The second kappa shape index (κ2) is 6.33. The molecule has 2 N–H and O–H groups in total. The highest BCUT2D eigenvalue weighted by Crippen LogP contribution is 2.17. The number of benzene rings is 1. The maximum atomic E-state index is 13.5. The number of rotatable bonds is 5. The minimum atomic E-state index is -0.213. The van der Waals surface area contributed by atoms with Crippen molar-refractivity contribution in [1.82, 2.24) is 0 Å². The van der Waals surface area contributed by atoms with Crippen molar-refractivity contribution >= 4 is 15.9 Å². The van der Waals surface area contributed by atoms with Gasteiger partial charge in [-0.2, -0.15) is 0 Å². The van der Waals surface area contributed by atoms with E-state index in [4.69, 9.17) is 10.5 Å². The van der Waals surface area contributed by atoms with Gasteiger partial charge in [-0.15, -0.1) is 0 Å². The normalized spacial score (nSPS) is 14.8. The zero-order valence-electron chi connectivity index (χ0n) is 9.54. The first-order valence-corrected chi connectivity index (χ1v) is 6.04. The van der Waals surface area contributed by atoms with Gasteiger partial charge in [0.05, 0.1) is 6.10 Å². The van der Waals surface area contributed by atoms with Crippen LogP contribution >= 0.6 is 15.9 Å². The number of ether oxygens (including phenoxy) is 1. The number of methoxy groups -OCH3 is 1. The average Bonchev–Trinajstić information content (AvgIpc) is 2.22. The maximum Gasteiger partial charge on any atom is 0.127 e. The van der Waals surface area contributed by atoms with E-state index in [1.807, 2.05) is 13.0 Å². The Morgan fingerprint density at radius 3 is 2.75 bits per heavy atom. The third-order valence-electron chi connectivity index (χ3n) is 2.53. The molecule has 90 valence electrons. The van der Waals surface area contributed by atoms with E-state index in [1.54, 1.807) is 13.2 Å². The smallest absolute Gasteiger partial charge is 0.127 e. The van der Waals surface area contributed by atoms with Crippen LogP contribution in [-0.4, -0.2) is 19.3 Å². The van der Waals surface area contributed by atoms with Crippen LogP contribution in [0.2, 0.25) is 0 Å². The van der Waals surface area contributed by atoms with Crippen LogP contribution in [0.15, 0.2) is 22.7 Å². The minimum Gasteiger partial charge on any atom is -0.382 e. The molecule has 4 heteroatoms. The molecule has 2 atom stereocenters. The van der Waals surface area contributed by atoms with E-state index >= 15 is 0 Å². The lowest BCUT2D eigenvalue weighted by Gasteiger charge is -2.16. The van der Waals surface area contributed by atoms with Crippen LogP contribution in [0.5, 0.6) is 0 Å². The molecule has 1 aromatic carbocycles. The quantitative estimate of drug-likeness (QED) is 0.905. The van der Waals surface area contributed by atoms with Crippen molar-refractivity contribution in [2.24, 2.45) is 5.73 Å². The predicted octanol–water partition coefficient (Wildman–Crippen LogP) is 2.88. The Bertz CT molecular complexity index is 346.